The predicted molar refractivity (Wildman–Crippen MR) is 82.2 cm³/mol. The molecule has 3 unspecified atom stereocenters. The zero-order valence-electron chi connectivity index (χ0n) is 12.0. The fraction of sp³-hybridized carbons (Fsp3) is 0.368. The summed E-state index contributed by atoms with van der Waals surface area (Å²) < 4.78 is 5.78. The molecule has 0 radical (unpaired) electrons. The van der Waals surface area contributed by atoms with E-state index in [0.717, 1.165) is 28.9 Å². The van der Waals surface area contributed by atoms with Crippen LogP contribution in [0.2, 0.25) is 0 Å². The maximum atomic E-state index is 10.5. The zero-order chi connectivity index (χ0) is 14.2. The van der Waals surface area contributed by atoms with Gasteiger partial charge in [-0.05, 0) is 60.4 Å². The Morgan fingerprint density at radius 3 is 2.14 bits per heavy atom. The minimum Gasteiger partial charge on any atom is -0.457 e. The normalized spacial score (nSPS) is 28.0. The van der Waals surface area contributed by atoms with Crippen LogP contribution in [-0.2, 0) is 0 Å². The van der Waals surface area contributed by atoms with Crippen LogP contribution < -0.4 is 4.74 Å². The fourth-order valence-corrected chi connectivity index (χ4v) is 3.93. The molecule has 1 N–H and O–H groups in total. The van der Waals surface area contributed by atoms with E-state index in [9.17, 15) is 5.11 Å². The van der Waals surface area contributed by atoms with Gasteiger partial charge in [-0.2, -0.15) is 0 Å². The Hall–Kier alpha value is -1.80. The van der Waals surface area contributed by atoms with Gasteiger partial charge in [0.05, 0.1) is 6.10 Å². The van der Waals surface area contributed by atoms with E-state index < -0.39 is 0 Å². The van der Waals surface area contributed by atoms with E-state index in [0.29, 0.717) is 5.92 Å². The van der Waals surface area contributed by atoms with Gasteiger partial charge in [-0.1, -0.05) is 36.8 Å². The first-order valence-electron chi connectivity index (χ1n) is 7.84. The molecule has 0 heterocycles. The van der Waals surface area contributed by atoms with Gasteiger partial charge in [-0.25, -0.2) is 0 Å². The van der Waals surface area contributed by atoms with Gasteiger partial charge in [0.25, 0.3) is 0 Å². The highest BCUT2D eigenvalue weighted by atomic mass is 16.5. The minimum atomic E-state index is -0.300. The molecule has 0 saturated heterocycles. The van der Waals surface area contributed by atoms with Crippen molar-refractivity contribution >= 4 is 0 Å². The second-order valence-electron chi connectivity index (χ2n) is 6.26. The molecule has 0 amide bonds. The average Bonchev–Trinajstić information content (AvgIpc) is 3.00. The summed E-state index contributed by atoms with van der Waals surface area (Å²) in [5.41, 5.74) is 1.02. The number of fused-ring (bicyclic) bond motifs is 1. The van der Waals surface area contributed by atoms with Crippen LogP contribution in [-0.4, -0.2) is 5.11 Å². The van der Waals surface area contributed by atoms with Gasteiger partial charge in [0.2, 0.25) is 0 Å². The maximum absolute atomic E-state index is 10.5. The molecule has 4 rings (SSSR count). The van der Waals surface area contributed by atoms with Gasteiger partial charge in [-0.15, -0.1) is 0 Å². The van der Waals surface area contributed by atoms with Crippen molar-refractivity contribution in [3.8, 4) is 11.5 Å². The van der Waals surface area contributed by atoms with Crippen molar-refractivity contribution in [2.24, 2.45) is 17.8 Å². The Morgan fingerprint density at radius 2 is 1.48 bits per heavy atom. The van der Waals surface area contributed by atoms with Crippen molar-refractivity contribution in [3.63, 3.8) is 0 Å². The van der Waals surface area contributed by atoms with Crippen LogP contribution in [0.5, 0.6) is 11.5 Å². The van der Waals surface area contributed by atoms with Crippen molar-refractivity contribution in [2.75, 3.05) is 0 Å². The number of para-hydroxylation sites is 1. The van der Waals surface area contributed by atoms with Gasteiger partial charge >= 0.3 is 0 Å². The van der Waals surface area contributed by atoms with Gasteiger partial charge in [0.15, 0.2) is 0 Å². The molecule has 0 spiro atoms. The standard InChI is InChI=1S/C19H20O2/c20-19(18-16-7-4-8-17(16)18)13-9-11-15(12-10-13)21-14-5-2-1-3-6-14/h1-3,5-6,9-12,16-20H,4,7-8H2. The second-order valence-corrected chi connectivity index (χ2v) is 6.26. The molecule has 2 aliphatic carbocycles. The Balaban J connectivity index is 1.44. The van der Waals surface area contributed by atoms with E-state index in [4.69, 9.17) is 4.74 Å². The summed E-state index contributed by atoms with van der Waals surface area (Å²) in [6.45, 7) is 0. The molecular weight excluding hydrogens is 260 g/mol. The highest BCUT2D eigenvalue weighted by Crippen LogP contribution is 2.62. The second kappa shape index (κ2) is 5.19. The summed E-state index contributed by atoms with van der Waals surface area (Å²) in [7, 11) is 0. The van der Waals surface area contributed by atoms with Gasteiger partial charge in [0, 0.05) is 0 Å². The molecule has 2 fully saturated rings. The van der Waals surface area contributed by atoms with Crippen molar-refractivity contribution < 1.29 is 9.84 Å². The molecule has 21 heavy (non-hydrogen) atoms. The zero-order valence-corrected chi connectivity index (χ0v) is 12.0. The molecule has 3 atom stereocenters. The Kier molecular flexibility index (Phi) is 3.19. The number of aliphatic hydroxyl groups excluding tert-OH is 1. The van der Waals surface area contributed by atoms with E-state index in [1.165, 1.54) is 19.3 Å². The lowest BCUT2D eigenvalue weighted by atomic mass is 10.00. The van der Waals surface area contributed by atoms with E-state index >= 15 is 0 Å². The van der Waals surface area contributed by atoms with Crippen LogP contribution in [0.25, 0.3) is 0 Å². The van der Waals surface area contributed by atoms with Crippen molar-refractivity contribution in [2.45, 2.75) is 25.4 Å². The Bertz CT molecular complexity index is 595. The Morgan fingerprint density at radius 1 is 0.857 bits per heavy atom. The topological polar surface area (TPSA) is 29.5 Å². The first-order valence-corrected chi connectivity index (χ1v) is 7.84. The lowest BCUT2D eigenvalue weighted by Crippen LogP contribution is -2.04. The number of benzene rings is 2. The summed E-state index contributed by atoms with van der Waals surface area (Å²) in [5.74, 6) is 3.70. The highest BCUT2D eigenvalue weighted by molar-refractivity contribution is 5.34. The minimum absolute atomic E-state index is 0.300. The molecule has 2 aromatic carbocycles. The molecule has 0 aliphatic heterocycles. The van der Waals surface area contributed by atoms with Crippen LogP contribution in [0.1, 0.15) is 30.9 Å². The van der Waals surface area contributed by atoms with Crippen LogP contribution in [0.3, 0.4) is 0 Å². The predicted octanol–water partition coefficient (Wildman–Crippen LogP) is 4.56. The monoisotopic (exact) mass is 280 g/mol. The van der Waals surface area contributed by atoms with E-state index in [1.54, 1.807) is 0 Å². The summed E-state index contributed by atoms with van der Waals surface area (Å²) in [4.78, 5) is 0. The number of hydrogen-bond acceptors (Lipinski definition) is 2. The molecule has 2 saturated carbocycles. The van der Waals surface area contributed by atoms with E-state index in [-0.39, 0.29) is 6.10 Å². The number of hydrogen-bond donors (Lipinski definition) is 1. The molecule has 0 bridgehead atoms. The third-order valence-electron chi connectivity index (χ3n) is 5.04. The van der Waals surface area contributed by atoms with Gasteiger partial charge in [0.1, 0.15) is 11.5 Å². The van der Waals surface area contributed by atoms with Crippen LogP contribution in [0, 0.1) is 17.8 Å². The Labute approximate surface area is 125 Å². The summed E-state index contributed by atoms with van der Waals surface area (Å²) in [6.07, 6.45) is 3.66. The molecular formula is C19H20O2. The van der Waals surface area contributed by atoms with Gasteiger partial charge in [-0.3, -0.25) is 0 Å². The number of ether oxygens (including phenoxy) is 1. The molecule has 2 nitrogen and oxygen atoms in total. The van der Waals surface area contributed by atoms with E-state index in [1.807, 2.05) is 54.6 Å². The number of rotatable bonds is 4. The third kappa shape index (κ3) is 2.44. The smallest absolute Gasteiger partial charge is 0.127 e. The van der Waals surface area contributed by atoms with E-state index in [2.05, 4.69) is 0 Å². The molecule has 2 heteroatoms. The summed E-state index contributed by atoms with van der Waals surface area (Å²) >= 11 is 0. The number of aliphatic hydroxyl groups is 1. The summed E-state index contributed by atoms with van der Waals surface area (Å²) in [6, 6.07) is 17.7. The molecule has 108 valence electrons. The molecule has 2 aliphatic rings. The van der Waals surface area contributed by atoms with Crippen LogP contribution >= 0.6 is 0 Å². The van der Waals surface area contributed by atoms with Gasteiger partial charge < -0.3 is 9.84 Å². The molecule has 0 aromatic heterocycles. The lowest BCUT2D eigenvalue weighted by Gasteiger charge is -2.14. The quantitative estimate of drug-likeness (QED) is 0.889. The van der Waals surface area contributed by atoms with Crippen molar-refractivity contribution in [3.05, 3.63) is 60.2 Å². The van der Waals surface area contributed by atoms with Crippen molar-refractivity contribution in [1.82, 2.24) is 0 Å². The average molecular weight is 280 g/mol. The van der Waals surface area contributed by atoms with Crippen molar-refractivity contribution in [1.29, 1.82) is 0 Å². The lowest BCUT2D eigenvalue weighted by molar-refractivity contribution is 0.137. The van der Waals surface area contributed by atoms with Crippen LogP contribution in [0.15, 0.2) is 54.6 Å². The first-order chi connectivity index (χ1) is 10.3. The van der Waals surface area contributed by atoms with Crippen LogP contribution in [0.4, 0.5) is 0 Å². The largest absolute Gasteiger partial charge is 0.457 e. The maximum Gasteiger partial charge on any atom is 0.127 e. The first kappa shape index (κ1) is 12.9. The molecule has 2 aromatic rings. The SMILES string of the molecule is OC(c1ccc(Oc2ccccc2)cc1)C1C2CCCC21. The summed E-state index contributed by atoms with van der Waals surface area (Å²) in [5, 5.41) is 10.5. The third-order valence-corrected chi connectivity index (χ3v) is 5.04. The fourth-order valence-electron chi connectivity index (χ4n) is 3.93. The highest BCUT2D eigenvalue weighted by Gasteiger charge is 2.55.